The summed E-state index contributed by atoms with van der Waals surface area (Å²) in [7, 11) is 0. The molecule has 2 atom stereocenters. The van der Waals surface area contributed by atoms with Crippen LogP contribution in [0.15, 0.2) is 24.3 Å². The van der Waals surface area contributed by atoms with Crippen LogP contribution < -0.4 is 10.2 Å². The number of halogens is 1. The maximum atomic E-state index is 14.1. The number of fused-ring (bicyclic) bond motifs is 1. The Bertz CT molecular complexity index is 879. The van der Waals surface area contributed by atoms with Crippen LogP contribution >= 0.6 is 0 Å². The minimum absolute atomic E-state index is 0.257. The molecular formula is C20H23FN4O2. The molecule has 142 valence electrons. The van der Waals surface area contributed by atoms with E-state index in [1.54, 1.807) is 18.2 Å². The van der Waals surface area contributed by atoms with E-state index in [0.29, 0.717) is 31.0 Å². The highest BCUT2D eigenvalue weighted by atomic mass is 19.1. The number of hydrogen-bond donors (Lipinski definition) is 2. The van der Waals surface area contributed by atoms with Gasteiger partial charge in [-0.05, 0) is 50.2 Å². The van der Waals surface area contributed by atoms with Gasteiger partial charge in [-0.2, -0.15) is 5.10 Å². The first kappa shape index (κ1) is 17.7. The van der Waals surface area contributed by atoms with Crippen LogP contribution in [0, 0.1) is 11.7 Å². The molecule has 1 aromatic heterocycles. The molecule has 0 radical (unpaired) electrons. The third-order valence-electron chi connectivity index (χ3n) is 5.49. The second kappa shape index (κ2) is 7.13. The van der Waals surface area contributed by atoms with Crippen LogP contribution in [0.1, 0.15) is 47.9 Å². The molecule has 1 fully saturated rings. The topological polar surface area (TPSA) is 78.1 Å². The molecule has 7 heteroatoms. The number of hydrogen-bond acceptors (Lipinski definition) is 3. The monoisotopic (exact) mass is 370 g/mol. The zero-order valence-electron chi connectivity index (χ0n) is 15.3. The summed E-state index contributed by atoms with van der Waals surface area (Å²) in [6.07, 6.45) is 4.02. The molecule has 0 saturated carbocycles. The van der Waals surface area contributed by atoms with Gasteiger partial charge in [0.05, 0.1) is 5.69 Å². The van der Waals surface area contributed by atoms with Gasteiger partial charge in [-0.25, -0.2) is 4.39 Å². The Morgan fingerprint density at radius 1 is 1.33 bits per heavy atom. The van der Waals surface area contributed by atoms with Gasteiger partial charge in [-0.15, -0.1) is 0 Å². The number of aryl methyl sites for hydroxylation is 1. The predicted octanol–water partition coefficient (Wildman–Crippen LogP) is 2.60. The van der Waals surface area contributed by atoms with Crippen molar-refractivity contribution in [1.82, 2.24) is 15.5 Å². The quantitative estimate of drug-likeness (QED) is 0.872. The van der Waals surface area contributed by atoms with Crippen molar-refractivity contribution in [3.63, 3.8) is 0 Å². The number of H-pyrrole nitrogens is 1. The lowest BCUT2D eigenvalue weighted by atomic mass is 9.87. The van der Waals surface area contributed by atoms with E-state index in [1.807, 2.05) is 0 Å². The summed E-state index contributed by atoms with van der Waals surface area (Å²) in [5.41, 5.74) is 2.61. The number of para-hydroxylation sites is 1. The number of nitrogens with zero attached hydrogens (tertiary/aromatic N) is 2. The molecule has 0 bridgehead atoms. The van der Waals surface area contributed by atoms with Crippen LogP contribution in [0.25, 0.3) is 0 Å². The fourth-order valence-electron chi connectivity index (χ4n) is 4.00. The van der Waals surface area contributed by atoms with E-state index in [2.05, 4.69) is 22.4 Å². The van der Waals surface area contributed by atoms with Crippen LogP contribution in [0.4, 0.5) is 10.1 Å². The van der Waals surface area contributed by atoms with Gasteiger partial charge in [0.15, 0.2) is 5.69 Å². The summed E-state index contributed by atoms with van der Waals surface area (Å²) < 4.78 is 14.1. The van der Waals surface area contributed by atoms with Gasteiger partial charge in [-0.1, -0.05) is 19.1 Å². The minimum atomic E-state index is -0.667. The lowest BCUT2D eigenvalue weighted by molar-refractivity contribution is -0.121. The smallest absolute Gasteiger partial charge is 0.272 e. The van der Waals surface area contributed by atoms with Gasteiger partial charge >= 0.3 is 0 Å². The minimum Gasteiger partial charge on any atom is -0.339 e. The van der Waals surface area contributed by atoms with Crippen molar-refractivity contribution in [3.05, 3.63) is 47.0 Å². The molecule has 27 heavy (non-hydrogen) atoms. The number of anilines is 1. The van der Waals surface area contributed by atoms with Gasteiger partial charge in [-0.3, -0.25) is 14.7 Å². The molecule has 1 aliphatic heterocycles. The number of aromatic amines is 1. The van der Waals surface area contributed by atoms with E-state index in [9.17, 15) is 14.0 Å². The highest BCUT2D eigenvalue weighted by Crippen LogP contribution is 2.27. The molecule has 1 aliphatic carbocycles. The predicted molar refractivity (Wildman–Crippen MR) is 99.0 cm³/mol. The Labute approximate surface area is 157 Å². The molecule has 4 rings (SSSR count). The Morgan fingerprint density at radius 3 is 2.96 bits per heavy atom. The molecule has 2 unspecified atom stereocenters. The fraction of sp³-hybridized carbons (Fsp3) is 0.450. The molecule has 2 N–H and O–H groups in total. The van der Waals surface area contributed by atoms with Crippen molar-refractivity contribution in [1.29, 1.82) is 0 Å². The van der Waals surface area contributed by atoms with E-state index in [4.69, 9.17) is 0 Å². The van der Waals surface area contributed by atoms with Crippen LogP contribution in [0.2, 0.25) is 0 Å². The van der Waals surface area contributed by atoms with E-state index >= 15 is 0 Å². The third kappa shape index (κ3) is 3.34. The molecular weight excluding hydrogens is 347 g/mol. The van der Waals surface area contributed by atoms with E-state index in [1.165, 1.54) is 11.0 Å². The molecule has 0 spiro atoms. The first-order valence-electron chi connectivity index (χ1n) is 9.47. The van der Waals surface area contributed by atoms with Gasteiger partial charge < -0.3 is 10.2 Å². The van der Waals surface area contributed by atoms with Crippen LogP contribution in [-0.4, -0.2) is 34.6 Å². The van der Waals surface area contributed by atoms with Crippen LogP contribution in [-0.2, 0) is 17.6 Å². The molecule has 2 amide bonds. The maximum absolute atomic E-state index is 14.1. The van der Waals surface area contributed by atoms with E-state index < -0.39 is 11.9 Å². The molecule has 2 aliphatic rings. The Hall–Kier alpha value is -2.70. The largest absolute Gasteiger partial charge is 0.339 e. The highest BCUT2D eigenvalue weighted by Gasteiger charge is 2.33. The Morgan fingerprint density at radius 2 is 2.15 bits per heavy atom. The standard InChI is InChI=1S/C20H23FN4O2/c1-12-8-9-15-13(11-12)18(24-23-15)19(26)22-16-6-4-10-25(20(16)27)17-7-3-2-5-14(17)21/h2-3,5,7,12,16H,4,6,8-11H2,1H3,(H,22,26)(H,23,24). The van der Waals surface area contributed by atoms with Crippen molar-refractivity contribution in [2.24, 2.45) is 5.92 Å². The summed E-state index contributed by atoms with van der Waals surface area (Å²) in [6, 6.07) is 5.55. The second-order valence-electron chi connectivity index (χ2n) is 7.49. The Kier molecular flexibility index (Phi) is 4.68. The lowest BCUT2D eigenvalue weighted by Gasteiger charge is -2.32. The fourth-order valence-corrected chi connectivity index (χ4v) is 4.00. The second-order valence-corrected chi connectivity index (χ2v) is 7.49. The summed E-state index contributed by atoms with van der Waals surface area (Å²) in [5, 5.41) is 9.97. The third-order valence-corrected chi connectivity index (χ3v) is 5.49. The van der Waals surface area contributed by atoms with Gasteiger partial charge in [0.25, 0.3) is 5.91 Å². The number of carbonyl (C=O) groups excluding carboxylic acids is 2. The first-order valence-corrected chi connectivity index (χ1v) is 9.47. The van der Waals surface area contributed by atoms with Crippen molar-refractivity contribution in [2.45, 2.75) is 45.1 Å². The average Bonchev–Trinajstić information content (AvgIpc) is 3.07. The average molecular weight is 370 g/mol. The zero-order valence-corrected chi connectivity index (χ0v) is 15.3. The van der Waals surface area contributed by atoms with Crippen LogP contribution in [0.5, 0.6) is 0 Å². The number of rotatable bonds is 3. The zero-order chi connectivity index (χ0) is 19.0. The van der Waals surface area contributed by atoms with Gasteiger partial charge in [0, 0.05) is 17.8 Å². The molecule has 1 aromatic carbocycles. The SMILES string of the molecule is CC1CCc2[nH]nc(C(=O)NC3CCCN(c4ccccc4F)C3=O)c2C1. The van der Waals surface area contributed by atoms with E-state index in [-0.39, 0.29) is 17.5 Å². The van der Waals surface area contributed by atoms with Gasteiger partial charge in [0.2, 0.25) is 5.91 Å². The van der Waals surface area contributed by atoms with Crippen molar-refractivity contribution >= 4 is 17.5 Å². The van der Waals surface area contributed by atoms with Crippen molar-refractivity contribution in [2.75, 3.05) is 11.4 Å². The molecule has 6 nitrogen and oxygen atoms in total. The molecule has 2 heterocycles. The summed E-state index contributed by atoms with van der Waals surface area (Å²) >= 11 is 0. The number of piperidine rings is 1. The molecule has 2 aromatic rings. The summed E-state index contributed by atoms with van der Waals surface area (Å²) in [4.78, 5) is 27.0. The highest BCUT2D eigenvalue weighted by molar-refractivity contribution is 6.02. The van der Waals surface area contributed by atoms with E-state index in [0.717, 1.165) is 30.5 Å². The number of carbonyl (C=O) groups is 2. The number of benzene rings is 1. The summed E-state index contributed by atoms with van der Waals surface area (Å²) in [6.45, 7) is 2.61. The normalized spacial score (nSPS) is 22.4. The summed E-state index contributed by atoms with van der Waals surface area (Å²) in [5.74, 6) is -0.546. The first-order chi connectivity index (χ1) is 13.0. The lowest BCUT2D eigenvalue weighted by Crippen LogP contribution is -2.52. The van der Waals surface area contributed by atoms with Crippen molar-refractivity contribution < 1.29 is 14.0 Å². The maximum Gasteiger partial charge on any atom is 0.272 e. The van der Waals surface area contributed by atoms with Crippen LogP contribution in [0.3, 0.4) is 0 Å². The number of amides is 2. The number of nitrogens with one attached hydrogen (secondary N) is 2. The molecule has 1 saturated heterocycles. The number of aromatic nitrogens is 2. The van der Waals surface area contributed by atoms with Crippen molar-refractivity contribution in [3.8, 4) is 0 Å². The van der Waals surface area contributed by atoms with Gasteiger partial charge in [0.1, 0.15) is 11.9 Å². The Balaban J connectivity index is 1.51.